The van der Waals surface area contributed by atoms with Crippen LogP contribution in [0.25, 0.3) is 0 Å². The van der Waals surface area contributed by atoms with Gasteiger partial charge in [0.25, 0.3) is 0 Å². The SMILES string of the molecule is [B]c1ccc(NC(=O)NC2CC2)cc1. The molecule has 1 aliphatic carbocycles. The molecule has 3 nitrogen and oxygen atoms in total. The van der Waals surface area contributed by atoms with E-state index in [1.165, 1.54) is 0 Å². The van der Waals surface area contributed by atoms with Gasteiger partial charge in [-0.05, 0) is 25.0 Å². The highest BCUT2D eigenvalue weighted by Crippen LogP contribution is 2.18. The largest absolute Gasteiger partial charge is 0.335 e. The molecule has 70 valence electrons. The summed E-state index contributed by atoms with van der Waals surface area (Å²) in [6, 6.07) is 7.31. The molecule has 4 heteroatoms. The maximum absolute atomic E-state index is 11.3. The highest BCUT2D eigenvalue weighted by Gasteiger charge is 2.22. The van der Waals surface area contributed by atoms with Crippen molar-refractivity contribution in [1.82, 2.24) is 5.32 Å². The summed E-state index contributed by atoms with van der Waals surface area (Å²) in [4.78, 5) is 11.3. The zero-order chi connectivity index (χ0) is 9.97. The molecule has 0 aromatic heterocycles. The molecule has 1 aromatic rings. The first-order chi connectivity index (χ1) is 6.74. The van der Waals surface area contributed by atoms with E-state index < -0.39 is 0 Å². The Balaban J connectivity index is 1.89. The van der Waals surface area contributed by atoms with E-state index in [1.807, 2.05) is 0 Å². The fourth-order valence-corrected chi connectivity index (χ4v) is 1.15. The van der Waals surface area contributed by atoms with Crippen molar-refractivity contribution in [2.75, 3.05) is 5.32 Å². The number of hydrogen-bond acceptors (Lipinski definition) is 1. The zero-order valence-corrected chi connectivity index (χ0v) is 7.79. The predicted molar refractivity (Wildman–Crippen MR) is 57.0 cm³/mol. The lowest BCUT2D eigenvalue weighted by atomic mass is 9.96. The molecule has 1 aromatic carbocycles. The Kier molecular flexibility index (Phi) is 2.44. The van der Waals surface area contributed by atoms with E-state index in [-0.39, 0.29) is 6.03 Å². The number of hydrogen-bond donors (Lipinski definition) is 2. The molecule has 2 amide bonds. The van der Waals surface area contributed by atoms with Crippen LogP contribution in [0.15, 0.2) is 24.3 Å². The fraction of sp³-hybridized carbons (Fsp3) is 0.300. The van der Waals surface area contributed by atoms with Crippen LogP contribution < -0.4 is 16.1 Å². The molecule has 0 bridgehead atoms. The maximum atomic E-state index is 11.3. The van der Waals surface area contributed by atoms with E-state index in [4.69, 9.17) is 7.85 Å². The van der Waals surface area contributed by atoms with Gasteiger partial charge in [-0.15, -0.1) is 0 Å². The number of urea groups is 1. The van der Waals surface area contributed by atoms with Crippen LogP contribution >= 0.6 is 0 Å². The number of carbonyl (C=O) groups is 1. The summed E-state index contributed by atoms with van der Waals surface area (Å²) in [5, 5.41) is 5.57. The van der Waals surface area contributed by atoms with Gasteiger partial charge in [0, 0.05) is 11.7 Å². The molecule has 0 aliphatic heterocycles. The molecule has 0 spiro atoms. The second-order valence-electron chi connectivity index (χ2n) is 3.49. The molecular weight excluding hydrogens is 175 g/mol. The van der Waals surface area contributed by atoms with Crippen LogP contribution in [0.5, 0.6) is 0 Å². The Morgan fingerprint density at radius 2 is 1.93 bits per heavy atom. The quantitative estimate of drug-likeness (QED) is 0.658. The van der Waals surface area contributed by atoms with Gasteiger partial charge in [-0.3, -0.25) is 0 Å². The summed E-state index contributed by atoms with van der Waals surface area (Å²) in [6.45, 7) is 0. The van der Waals surface area contributed by atoms with E-state index in [9.17, 15) is 4.79 Å². The summed E-state index contributed by atoms with van der Waals surface area (Å²) in [5.41, 5.74) is 1.45. The molecule has 2 N–H and O–H groups in total. The second kappa shape index (κ2) is 3.74. The Hall–Kier alpha value is -1.45. The minimum absolute atomic E-state index is 0.141. The molecule has 0 atom stereocenters. The van der Waals surface area contributed by atoms with Crippen LogP contribution in [-0.2, 0) is 0 Å². The van der Waals surface area contributed by atoms with Crippen molar-refractivity contribution in [3.63, 3.8) is 0 Å². The molecule has 14 heavy (non-hydrogen) atoms. The van der Waals surface area contributed by atoms with E-state index in [0.29, 0.717) is 11.5 Å². The third-order valence-electron chi connectivity index (χ3n) is 2.08. The highest BCUT2D eigenvalue weighted by atomic mass is 16.2. The minimum atomic E-state index is -0.141. The summed E-state index contributed by atoms with van der Waals surface area (Å²) in [7, 11) is 5.52. The van der Waals surface area contributed by atoms with Gasteiger partial charge in [-0.2, -0.15) is 0 Å². The molecule has 0 heterocycles. The molecule has 0 unspecified atom stereocenters. The summed E-state index contributed by atoms with van der Waals surface area (Å²) in [6.07, 6.45) is 2.18. The Labute approximate surface area is 84.3 Å². The van der Waals surface area contributed by atoms with Crippen molar-refractivity contribution in [2.24, 2.45) is 0 Å². The average molecular weight is 186 g/mol. The van der Waals surface area contributed by atoms with Crippen LogP contribution in [0.3, 0.4) is 0 Å². The van der Waals surface area contributed by atoms with E-state index in [1.54, 1.807) is 24.3 Å². The molecular formula is C10H11BN2O. The van der Waals surface area contributed by atoms with E-state index in [2.05, 4.69) is 10.6 Å². The third-order valence-corrected chi connectivity index (χ3v) is 2.08. The molecule has 1 fully saturated rings. The van der Waals surface area contributed by atoms with Crippen molar-refractivity contribution >= 4 is 25.0 Å². The van der Waals surface area contributed by atoms with Gasteiger partial charge in [0.05, 0.1) is 0 Å². The molecule has 1 saturated carbocycles. The van der Waals surface area contributed by atoms with Crippen molar-refractivity contribution in [3.05, 3.63) is 24.3 Å². The van der Waals surface area contributed by atoms with Crippen LogP contribution in [0.1, 0.15) is 12.8 Å². The number of carbonyl (C=O) groups excluding carboxylic acids is 1. The lowest BCUT2D eigenvalue weighted by molar-refractivity contribution is 0.251. The Morgan fingerprint density at radius 3 is 2.50 bits per heavy atom. The second-order valence-corrected chi connectivity index (χ2v) is 3.49. The fourth-order valence-electron chi connectivity index (χ4n) is 1.15. The molecule has 2 rings (SSSR count). The first-order valence-electron chi connectivity index (χ1n) is 4.67. The topological polar surface area (TPSA) is 41.1 Å². The smallest absolute Gasteiger partial charge is 0.319 e. The molecule has 2 radical (unpaired) electrons. The van der Waals surface area contributed by atoms with Crippen molar-refractivity contribution in [3.8, 4) is 0 Å². The van der Waals surface area contributed by atoms with Gasteiger partial charge in [0.1, 0.15) is 7.85 Å². The maximum Gasteiger partial charge on any atom is 0.319 e. The van der Waals surface area contributed by atoms with Crippen LogP contribution in [0, 0.1) is 0 Å². The minimum Gasteiger partial charge on any atom is -0.335 e. The number of nitrogens with one attached hydrogen (secondary N) is 2. The zero-order valence-electron chi connectivity index (χ0n) is 7.79. The van der Waals surface area contributed by atoms with E-state index in [0.717, 1.165) is 18.5 Å². The molecule has 1 aliphatic rings. The van der Waals surface area contributed by atoms with Crippen molar-refractivity contribution < 1.29 is 4.79 Å². The van der Waals surface area contributed by atoms with Gasteiger partial charge in [-0.25, -0.2) is 4.79 Å². The van der Waals surface area contributed by atoms with Crippen LogP contribution in [0.2, 0.25) is 0 Å². The lowest BCUT2D eigenvalue weighted by Crippen LogP contribution is -2.30. The lowest BCUT2D eigenvalue weighted by Gasteiger charge is -2.06. The van der Waals surface area contributed by atoms with Gasteiger partial charge >= 0.3 is 6.03 Å². The third kappa shape index (κ3) is 2.52. The standard InChI is InChI=1S/C10H11BN2O/c11-7-1-3-8(4-2-7)12-10(14)13-9-5-6-9/h1-4,9H,5-6H2,(H2,12,13,14). The van der Waals surface area contributed by atoms with Crippen molar-refractivity contribution in [2.45, 2.75) is 18.9 Å². The number of amides is 2. The predicted octanol–water partition coefficient (Wildman–Crippen LogP) is 0.764. The molecule has 0 saturated heterocycles. The number of rotatable bonds is 2. The van der Waals surface area contributed by atoms with E-state index >= 15 is 0 Å². The van der Waals surface area contributed by atoms with Gasteiger partial charge in [0.2, 0.25) is 0 Å². The summed E-state index contributed by atoms with van der Waals surface area (Å²) < 4.78 is 0. The van der Waals surface area contributed by atoms with Crippen LogP contribution in [0.4, 0.5) is 10.5 Å². The van der Waals surface area contributed by atoms with Gasteiger partial charge in [0.15, 0.2) is 0 Å². The van der Waals surface area contributed by atoms with Crippen molar-refractivity contribution in [1.29, 1.82) is 0 Å². The monoisotopic (exact) mass is 186 g/mol. The average Bonchev–Trinajstić information content (AvgIpc) is 2.93. The number of benzene rings is 1. The first kappa shape index (κ1) is 9.12. The van der Waals surface area contributed by atoms with Crippen LogP contribution in [-0.4, -0.2) is 19.9 Å². The Bertz CT molecular complexity index is 332. The normalized spacial score (nSPS) is 14.9. The Morgan fingerprint density at radius 1 is 1.29 bits per heavy atom. The summed E-state index contributed by atoms with van der Waals surface area (Å²) >= 11 is 0. The van der Waals surface area contributed by atoms with Gasteiger partial charge in [-0.1, -0.05) is 17.6 Å². The first-order valence-corrected chi connectivity index (χ1v) is 4.67. The number of anilines is 1. The van der Waals surface area contributed by atoms with Gasteiger partial charge < -0.3 is 10.6 Å². The highest BCUT2D eigenvalue weighted by molar-refractivity contribution is 6.32. The summed E-state index contributed by atoms with van der Waals surface area (Å²) in [5.74, 6) is 0.